The number of fused-ring (bicyclic) bond motifs is 1. The fraction of sp³-hybridized carbons (Fsp3) is 0.188. The van der Waals surface area contributed by atoms with Gasteiger partial charge in [-0.05, 0) is 12.5 Å². The number of benzene rings is 2. The zero-order chi connectivity index (χ0) is 14.3. The van der Waals surface area contributed by atoms with Crippen molar-refractivity contribution < 1.29 is 19.7 Å². The Labute approximate surface area is 116 Å². The lowest BCUT2D eigenvalue weighted by atomic mass is 9.88. The van der Waals surface area contributed by atoms with Crippen LogP contribution in [-0.2, 0) is 0 Å². The smallest absolute Gasteiger partial charge is 0.181 e. The van der Waals surface area contributed by atoms with E-state index in [0.29, 0.717) is 0 Å². The third-order valence-electron chi connectivity index (χ3n) is 3.51. The summed E-state index contributed by atoms with van der Waals surface area (Å²) in [4.78, 5) is 12.5. The molecule has 0 amide bonds. The summed E-state index contributed by atoms with van der Waals surface area (Å²) in [7, 11) is 0. The van der Waals surface area contributed by atoms with E-state index >= 15 is 0 Å². The lowest BCUT2D eigenvalue weighted by molar-refractivity contribution is 0.0892. The van der Waals surface area contributed by atoms with Crippen molar-refractivity contribution in [3.05, 3.63) is 53.1 Å². The van der Waals surface area contributed by atoms with Gasteiger partial charge in [-0.1, -0.05) is 29.8 Å². The van der Waals surface area contributed by atoms with Gasteiger partial charge in [0, 0.05) is 12.1 Å². The second kappa shape index (κ2) is 4.56. The third kappa shape index (κ3) is 1.99. The normalized spacial score (nSPS) is 17.4. The van der Waals surface area contributed by atoms with Crippen LogP contribution in [0.5, 0.6) is 17.2 Å². The van der Waals surface area contributed by atoms with Crippen molar-refractivity contribution in [1.29, 1.82) is 0 Å². The number of ketones is 1. The topological polar surface area (TPSA) is 66.8 Å². The van der Waals surface area contributed by atoms with Gasteiger partial charge in [-0.2, -0.15) is 0 Å². The third-order valence-corrected chi connectivity index (χ3v) is 3.51. The Morgan fingerprint density at radius 2 is 1.85 bits per heavy atom. The van der Waals surface area contributed by atoms with Crippen LogP contribution in [0.15, 0.2) is 36.4 Å². The summed E-state index contributed by atoms with van der Waals surface area (Å²) in [5.41, 5.74) is 2.12. The van der Waals surface area contributed by atoms with Crippen LogP contribution in [0.2, 0.25) is 0 Å². The van der Waals surface area contributed by atoms with E-state index in [-0.39, 0.29) is 35.2 Å². The van der Waals surface area contributed by atoms with Crippen LogP contribution in [0.4, 0.5) is 0 Å². The van der Waals surface area contributed by atoms with E-state index in [2.05, 4.69) is 0 Å². The minimum absolute atomic E-state index is 0.122. The Kier molecular flexibility index (Phi) is 2.86. The van der Waals surface area contributed by atoms with Crippen molar-refractivity contribution >= 4 is 5.78 Å². The minimum Gasteiger partial charge on any atom is -0.508 e. The number of carbonyl (C=O) groups is 1. The molecule has 0 radical (unpaired) electrons. The lowest BCUT2D eigenvalue weighted by Gasteiger charge is -2.25. The average molecular weight is 270 g/mol. The van der Waals surface area contributed by atoms with Gasteiger partial charge in [0.05, 0.1) is 5.92 Å². The van der Waals surface area contributed by atoms with Gasteiger partial charge in [0.15, 0.2) is 5.78 Å². The number of Topliss-reactive ketones (excluding diaryl/α,β-unsaturated/α-hetero) is 1. The summed E-state index contributed by atoms with van der Waals surface area (Å²) in [6.45, 7) is 2.19. The van der Waals surface area contributed by atoms with Gasteiger partial charge in [-0.25, -0.2) is 0 Å². The quantitative estimate of drug-likeness (QED) is 0.836. The molecule has 0 spiro atoms. The predicted octanol–water partition coefficient (Wildman–Crippen LogP) is 2.77. The molecular weight excluding hydrogens is 256 g/mol. The van der Waals surface area contributed by atoms with E-state index < -0.39 is 5.92 Å². The number of ether oxygens (including phenoxy) is 1. The zero-order valence-electron chi connectivity index (χ0n) is 11.0. The monoisotopic (exact) mass is 270 g/mol. The van der Waals surface area contributed by atoms with Crippen LogP contribution in [0.1, 0.15) is 27.4 Å². The molecule has 0 saturated carbocycles. The molecule has 1 unspecified atom stereocenters. The minimum atomic E-state index is -0.432. The molecule has 0 bridgehead atoms. The van der Waals surface area contributed by atoms with Crippen LogP contribution < -0.4 is 4.74 Å². The molecule has 2 aromatic carbocycles. The SMILES string of the molecule is Cc1ccc(C2COc3cc(O)cc(O)c3C2=O)cc1. The zero-order valence-corrected chi connectivity index (χ0v) is 11.0. The first-order valence-corrected chi connectivity index (χ1v) is 6.36. The molecule has 1 atom stereocenters. The first kappa shape index (κ1) is 12.5. The Bertz CT molecular complexity index is 674. The van der Waals surface area contributed by atoms with E-state index in [0.717, 1.165) is 17.2 Å². The van der Waals surface area contributed by atoms with E-state index in [9.17, 15) is 15.0 Å². The highest BCUT2D eigenvalue weighted by atomic mass is 16.5. The van der Waals surface area contributed by atoms with Gasteiger partial charge >= 0.3 is 0 Å². The summed E-state index contributed by atoms with van der Waals surface area (Å²) in [5.74, 6) is -0.758. The van der Waals surface area contributed by atoms with E-state index in [1.54, 1.807) is 0 Å². The maximum atomic E-state index is 12.5. The molecular formula is C16H14O4. The number of aryl methyl sites for hydroxylation is 1. The molecule has 4 heteroatoms. The van der Waals surface area contributed by atoms with Crippen LogP contribution in [-0.4, -0.2) is 22.6 Å². The summed E-state index contributed by atoms with van der Waals surface area (Å²) in [6, 6.07) is 10.2. The highest BCUT2D eigenvalue weighted by Gasteiger charge is 2.32. The number of phenols is 2. The van der Waals surface area contributed by atoms with Crippen molar-refractivity contribution in [2.45, 2.75) is 12.8 Å². The van der Waals surface area contributed by atoms with Crippen LogP contribution in [0, 0.1) is 6.92 Å². The Hall–Kier alpha value is -2.49. The number of phenolic OH excluding ortho intramolecular Hbond substituents is 2. The molecule has 0 saturated heterocycles. The first-order valence-electron chi connectivity index (χ1n) is 6.36. The number of aromatic hydroxyl groups is 2. The summed E-state index contributed by atoms with van der Waals surface area (Å²) in [6.07, 6.45) is 0. The summed E-state index contributed by atoms with van der Waals surface area (Å²) >= 11 is 0. The van der Waals surface area contributed by atoms with Gasteiger partial charge in [0.25, 0.3) is 0 Å². The molecule has 2 aromatic rings. The standard InChI is InChI=1S/C16H14O4/c1-9-2-4-10(5-3-9)12-8-20-14-7-11(17)6-13(18)15(14)16(12)19/h2-7,12,17-18H,8H2,1H3. The largest absolute Gasteiger partial charge is 0.508 e. The fourth-order valence-electron chi connectivity index (χ4n) is 2.42. The fourth-order valence-corrected chi connectivity index (χ4v) is 2.42. The molecule has 1 aliphatic heterocycles. The maximum absolute atomic E-state index is 12.5. The second-order valence-electron chi connectivity index (χ2n) is 4.98. The molecule has 0 aliphatic carbocycles. The number of rotatable bonds is 1. The molecule has 0 aromatic heterocycles. The van der Waals surface area contributed by atoms with Crippen LogP contribution >= 0.6 is 0 Å². The van der Waals surface area contributed by atoms with Crippen molar-refractivity contribution in [1.82, 2.24) is 0 Å². The van der Waals surface area contributed by atoms with Gasteiger partial charge < -0.3 is 14.9 Å². The molecule has 2 N–H and O–H groups in total. The van der Waals surface area contributed by atoms with Gasteiger partial charge in [0.2, 0.25) is 0 Å². The van der Waals surface area contributed by atoms with E-state index in [4.69, 9.17) is 4.74 Å². The molecule has 4 nitrogen and oxygen atoms in total. The number of hydrogen-bond donors (Lipinski definition) is 2. The van der Waals surface area contributed by atoms with Crippen LogP contribution in [0.25, 0.3) is 0 Å². The highest BCUT2D eigenvalue weighted by Crippen LogP contribution is 2.40. The van der Waals surface area contributed by atoms with Gasteiger partial charge in [-0.3, -0.25) is 4.79 Å². The predicted molar refractivity (Wildman–Crippen MR) is 73.5 cm³/mol. The Morgan fingerprint density at radius 1 is 1.15 bits per heavy atom. The molecule has 20 heavy (non-hydrogen) atoms. The maximum Gasteiger partial charge on any atom is 0.181 e. The van der Waals surface area contributed by atoms with E-state index in [1.165, 1.54) is 6.07 Å². The van der Waals surface area contributed by atoms with E-state index in [1.807, 2.05) is 31.2 Å². The lowest BCUT2D eigenvalue weighted by Crippen LogP contribution is -2.26. The molecule has 102 valence electrons. The van der Waals surface area contributed by atoms with Gasteiger partial charge in [0.1, 0.15) is 29.4 Å². The van der Waals surface area contributed by atoms with Crippen molar-refractivity contribution in [2.75, 3.05) is 6.61 Å². The molecule has 1 aliphatic rings. The Balaban J connectivity index is 2.03. The van der Waals surface area contributed by atoms with Crippen molar-refractivity contribution in [3.63, 3.8) is 0 Å². The first-order chi connectivity index (χ1) is 9.56. The molecule has 0 fully saturated rings. The summed E-state index contributed by atoms with van der Waals surface area (Å²) < 4.78 is 5.51. The number of hydrogen-bond acceptors (Lipinski definition) is 4. The Morgan fingerprint density at radius 3 is 2.55 bits per heavy atom. The number of carbonyl (C=O) groups excluding carboxylic acids is 1. The van der Waals surface area contributed by atoms with Crippen LogP contribution in [0.3, 0.4) is 0 Å². The van der Waals surface area contributed by atoms with Gasteiger partial charge in [-0.15, -0.1) is 0 Å². The second-order valence-corrected chi connectivity index (χ2v) is 4.98. The van der Waals surface area contributed by atoms with Crippen molar-refractivity contribution in [3.8, 4) is 17.2 Å². The summed E-state index contributed by atoms with van der Waals surface area (Å²) in [5, 5.41) is 19.3. The average Bonchev–Trinajstić information content (AvgIpc) is 2.39. The van der Waals surface area contributed by atoms with Crippen molar-refractivity contribution in [2.24, 2.45) is 0 Å². The molecule has 3 rings (SSSR count). The highest BCUT2D eigenvalue weighted by molar-refractivity contribution is 6.06. The molecule has 1 heterocycles.